The lowest BCUT2D eigenvalue weighted by Crippen LogP contribution is -2.43. The fraction of sp³-hybridized carbons (Fsp3) is 0.444. The van der Waals surface area contributed by atoms with Crippen molar-refractivity contribution in [3.63, 3.8) is 0 Å². The van der Waals surface area contributed by atoms with E-state index in [1.807, 2.05) is 12.1 Å². The Hall–Kier alpha value is -2.30. The standard InChI is InChI=1S/C18H26N4O/c1-12(2)14(4)22-18(19-5)21-11-17-20-10-16(23-17)15-8-6-13(3)7-9-15/h6-10,12,14H,11H2,1-5H3,(H2,19,21,22). The van der Waals surface area contributed by atoms with Gasteiger partial charge in [0.05, 0.1) is 12.7 Å². The lowest BCUT2D eigenvalue weighted by molar-refractivity contribution is 0.471. The molecule has 0 saturated heterocycles. The summed E-state index contributed by atoms with van der Waals surface area (Å²) < 4.78 is 5.80. The van der Waals surface area contributed by atoms with Gasteiger partial charge in [0.1, 0.15) is 0 Å². The van der Waals surface area contributed by atoms with Gasteiger partial charge in [-0.25, -0.2) is 4.98 Å². The first-order valence-corrected chi connectivity index (χ1v) is 7.98. The van der Waals surface area contributed by atoms with Crippen LogP contribution in [-0.2, 0) is 6.54 Å². The van der Waals surface area contributed by atoms with Crippen LogP contribution in [0.25, 0.3) is 11.3 Å². The molecule has 124 valence electrons. The SMILES string of the molecule is CN=C(NCc1ncc(-c2ccc(C)cc2)o1)NC(C)C(C)C. The number of rotatable bonds is 5. The van der Waals surface area contributed by atoms with Crippen molar-refractivity contribution >= 4 is 5.96 Å². The number of aliphatic imine (C=N–C) groups is 1. The molecule has 0 aliphatic rings. The van der Waals surface area contributed by atoms with Crippen LogP contribution in [0.5, 0.6) is 0 Å². The summed E-state index contributed by atoms with van der Waals surface area (Å²) >= 11 is 0. The maximum Gasteiger partial charge on any atom is 0.214 e. The molecule has 0 spiro atoms. The van der Waals surface area contributed by atoms with Gasteiger partial charge in [0, 0.05) is 18.7 Å². The molecular weight excluding hydrogens is 288 g/mol. The van der Waals surface area contributed by atoms with Gasteiger partial charge in [-0.2, -0.15) is 0 Å². The first-order valence-electron chi connectivity index (χ1n) is 7.98. The third-order valence-corrected chi connectivity index (χ3v) is 3.88. The van der Waals surface area contributed by atoms with Crippen LogP contribution in [0.4, 0.5) is 0 Å². The van der Waals surface area contributed by atoms with Crippen molar-refractivity contribution in [1.82, 2.24) is 15.6 Å². The van der Waals surface area contributed by atoms with Gasteiger partial charge in [-0.15, -0.1) is 0 Å². The second-order valence-corrected chi connectivity index (χ2v) is 6.09. The molecule has 1 aromatic carbocycles. The molecule has 1 atom stereocenters. The molecular formula is C18H26N4O. The predicted molar refractivity (Wildman–Crippen MR) is 94.3 cm³/mol. The van der Waals surface area contributed by atoms with E-state index in [1.54, 1.807) is 13.2 Å². The Labute approximate surface area is 138 Å². The summed E-state index contributed by atoms with van der Waals surface area (Å²) in [5, 5.41) is 6.58. The molecule has 1 heterocycles. The number of aryl methyl sites for hydroxylation is 1. The van der Waals surface area contributed by atoms with Crippen molar-refractivity contribution < 1.29 is 4.42 Å². The van der Waals surface area contributed by atoms with Crippen molar-refractivity contribution in [2.45, 2.75) is 40.3 Å². The Kier molecular flexibility index (Phi) is 5.79. The van der Waals surface area contributed by atoms with Crippen molar-refractivity contribution in [2.24, 2.45) is 10.9 Å². The highest BCUT2D eigenvalue weighted by atomic mass is 16.4. The molecule has 0 aliphatic carbocycles. The largest absolute Gasteiger partial charge is 0.439 e. The van der Waals surface area contributed by atoms with E-state index in [0.29, 0.717) is 24.4 Å². The first kappa shape index (κ1) is 17.1. The maximum atomic E-state index is 5.80. The monoisotopic (exact) mass is 314 g/mol. The molecule has 0 bridgehead atoms. The summed E-state index contributed by atoms with van der Waals surface area (Å²) in [7, 11) is 1.76. The van der Waals surface area contributed by atoms with E-state index in [4.69, 9.17) is 4.42 Å². The highest BCUT2D eigenvalue weighted by molar-refractivity contribution is 5.79. The average molecular weight is 314 g/mol. The first-order chi connectivity index (χ1) is 11.0. The lowest BCUT2D eigenvalue weighted by atomic mass is 10.1. The highest BCUT2D eigenvalue weighted by Gasteiger charge is 2.10. The number of guanidine groups is 1. The number of hydrogen-bond donors (Lipinski definition) is 2. The van der Waals surface area contributed by atoms with E-state index in [9.17, 15) is 0 Å². The molecule has 0 fully saturated rings. The number of benzene rings is 1. The molecule has 1 unspecified atom stereocenters. The molecule has 0 saturated carbocycles. The van der Waals surface area contributed by atoms with E-state index >= 15 is 0 Å². The molecule has 2 N–H and O–H groups in total. The smallest absolute Gasteiger partial charge is 0.214 e. The zero-order valence-electron chi connectivity index (χ0n) is 14.6. The van der Waals surface area contributed by atoms with E-state index in [2.05, 4.69) is 60.4 Å². The summed E-state index contributed by atoms with van der Waals surface area (Å²) in [6, 6.07) is 8.55. The molecule has 5 nitrogen and oxygen atoms in total. The predicted octanol–water partition coefficient (Wildman–Crippen LogP) is 3.36. The second kappa shape index (κ2) is 7.81. The van der Waals surface area contributed by atoms with E-state index in [-0.39, 0.29) is 0 Å². The number of oxazole rings is 1. The van der Waals surface area contributed by atoms with E-state index in [0.717, 1.165) is 17.3 Å². The molecule has 2 rings (SSSR count). The van der Waals surface area contributed by atoms with Crippen molar-refractivity contribution in [2.75, 3.05) is 7.05 Å². The van der Waals surface area contributed by atoms with Gasteiger partial charge >= 0.3 is 0 Å². The fourth-order valence-electron chi connectivity index (χ4n) is 1.98. The molecule has 2 aromatic rings. The summed E-state index contributed by atoms with van der Waals surface area (Å²) in [6.45, 7) is 9.05. The van der Waals surface area contributed by atoms with Crippen LogP contribution in [0.15, 0.2) is 39.9 Å². The zero-order valence-corrected chi connectivity index (χ0v) is 14.6. The van der Waals surface area contributed by atoms with Gasteiger partial charge in [0.2, 0.25) is 5.89 Å². The molecule has 5 heteroatoms. The Morgan fingerprint density at radius 2 is 1.91 bits per heavy atom. The minimum absolute atomic E-state index is 0.342. The van der Waals surface area contributed by atoms with Crippen LogP contribution in [0, 0.1) is 12.8 Å². The minimum atomic E-state index is 0.342. The van der Waals surface area contributed by atoms with Crippen LogP contribution in [0.3, 0.4) is 0 Å². The topological polar surface area (TPSA) is 62.5 Å². The van der Waals surface area contributed by atoms with Gasteiger partial charge in [-0.05, 0) is 19.8 Å². The summed E-state index contributed by atoms with van der Waals surface area (Å²) in [6.07, 6.45) is 1.76. The number of nitrogens with one attached hydrogen (secondary N) is 2. The minimum Gasteiger partial charge on any atom is -0.439 e. The van der Waals surface area contributed by atoms with E-state index < -0.39 is 0 Å². The molecule has 0 aliphatic heterocycles. The fourth-order valence-corrected chi connectivity index (χ4v) is 1.98. The van der Waals surface area contributed by atoms with Gasteiger partial charge in [0.15, 0.2) is 11.7 Å². The molecule has 0 radical (unpaired) electrons. The molecule has 0 amide bonds. The van der Waals surface area contributed by atoms with Gasteiger partial charge < -0.3 is 15.1 Å². The van der Waals surface area contributed by atoms with Crippen molar-refractivity contribution in [3.05, 3.63) is 41.9 Å². The summed E-state index contributed by atoms with van der Waals surface area (Å²) in [4.78, 5) is 8.55. The van der Waals surface area contributed by atoms with Gasteiger partial charge in [-0.3, -0.25) is 4.99 Å². The number of nitrogens with zero attached hydrogens (tertiary/aromatic N) is 2. The highest BCUT2D eigenvalue weighted by Crippen LogP contribution is 2.20. The number of hydrogen-bond acceptors (Lipinski definition) is 3. The third kappa shape index (κ3) is 4.84. The average Bonchev–Trinajstić information content (AvgIpc) is 3.00. The quantitative estimate of drug-likeness (QED) is 0.656. The van der Waals surface area contributed by atoms with Gasteiger partial charge in [-0.1, -0.05) is 43.7 Å². The van der Waals surface area contributed by atoms with Gasteiger partial charge in [0.25, 0.3) is 0 Å². The maximum absolute atomic E-state index is 5.80. The van der Waals surface area contributed by atoms with E-state index in [1.165, 1.54) is 5.56 Å². The Morgan fingerprint density at radius 1 is 1.22 bits per heavy atom. The Balaban J connectivity index is 1.95. The zero-order chi connectivity index (χ0) is 16.8. The summed E-state index contributed by atoms with van der Waals surface area (Å²) in [5.74, 6) is 2.70. The van der Waals surface area contributed by atoms with Crippen LogP contribution in [0.1, 0.15) is 32.2 Å². The molecule has 1 aromatic heterocycles. The second-order valence-electron chi connectivity index (χ2n) is 6.09. The van der Waals surface area contributed by atoms with Crippen molar-refractivity contribution in [3.8, 4) is 11.3 Å². The van der Waals surface area contributed by atoms with Crippen LogP contribution in [0.2, 0.25) is 0 Å². The normalized spacial score (nSPS) is 13.2. The summed E-state index contributed by atoms with van der Waals surface area (Å²) in [5.41, 5.74) is 2.26. The van der Waals surface area contributed by atoms with Crippen LogP contribution >= 0.6 is 0 Å². The Bertz CT molecular complexity index is 643. The van der Waals surface area contributed by atoms with Crippen LogP contribution < -0.4 is 10.6 Å². The number of aromatic nitrogens is 1. The lowest BCUT2D eigenvalue weighted by Gasteiger charge is -2.20. The van der Waals surface area contributed by atoms with Crippen molar-refractivity contribution in [1.29, 1.82) is 0 Å². The molecule has 23 heavy (non-hydrogen) atoms. The van der Waals surface area contributed by atoms with Crippen LogP contribution in [-0.4, -0.2) is 24.0 Å². The third-order valence-electron chi connectivity index (χ3n) is 3.88. The Morgan fingerprint density at radius 3 is 2.52 bits per heavy atom.